The lowest BCUT2D eigenvalue weighted by atomic mass is 10.2. The minimum absolute atomic E-state index is 0.0677. The van der Waals surface area contributed by atoms with Gasteiger partial charge in [0.25, 0.3) is 5.91 Å². The van der Waals surface area contributed by atoms with Crippen LogP contribution in [0.25, 0.3) is 0 Å². The van der Waals surface area contributed by atoms with Crippen LogP contribution in [0.3, 0.4) is 0 Å². The van der Waals surface area contributed by atoms with E-state index in [4.69, 9.17) is 9.26 Å². The maximum Gasteiger partial charge on any atom is 0.254 e. The Labute approximate surface area is 140 Å². The number of aryl methyl sites for hydroxylation is 1. The van der Waals surface area contributed by atoms with Crippen LogP contribution >= 0.6 is 0 Å². The summed E-state index contributed by atoms with van der Waals surface area (Å²) in [4.78, 5) is 25.6. The van der Waals surface area contributed by atoms with Crippen molar-refractivity contribution >= 4 is 17.6 Å². The molecule has 7 nitrogen and oxygen atoms in total. The molecule has 128 valence electrons. The molecule has 1 N–H and O–H groups in total. The maximum atomic E-state index is 12.3. The third kappa shape index (κ3) is 4.84. The summed E-state index contributed by atoms with van der Waals surface area (Å²) in [5, 5.41) is 6.25. The van der Waals surface area contributed by atoms with Crippen LogP contribution in [0.15, 0.2) is 34.9 Å². The highest BCUT2D eigenvalue weighted by Gasteiger charge is 2.16. The van der Waals surface area contributed by atoms with Crippen LogP contribution in [-0.2, 0) is 4.79 Å². The standard InChI is InChI=1S/C17H21N3O4/c1-11(2)23-14-7-5-13(6-8-14)17(22)20(4)10-16(21)18-15-9-12(3)24-19-15/h5-9,11H,10H2,1-4H3,(H,18,19,21). The number of aromatic nitrogens is 1. The van der Waals surface area contributed by atoms with Gasteiger partial charge in [-0.2, -0.15) is 0 Å². The molecule has 0 saturated carbocycles. The molecule has 0 aliphatic heterocycles. The van der Waals surface area contributed by atoms with Gasteiger partial charge in [-0.1, -0.05) is 5.16 Å². The molecule has 0 spiro atoms. The van der Waals surface area contributed by atoms with E-state index in [2.05, 4.69) is 10.5 Å². The Morgan fingerprint density at radius 2 is 1.96 bits per heavy atom. The summed E-state index contributed by atoms with van der Waals surface area (Å²) < 4.78 is 10.4. The summed E-state index contributed by atoms with van der Waals surface area (Å²) >= 11 is 0. The fraction of sp³-hybridized carbons (Fsp3) is 0.353. The number of carbonyl (C=O) groups excluding carboxylic acids is 2. The van der Waals surface area contributed by atoms with Crippen molar-refractivity contribution in [3.05, 3.63) is 41.7 Å². The van der Waals surface area contributed by atoms with Gasteiger partial charge in [-0.15, -0.1) is 0 Å². The molecule has 2 amide bonds. The van der Waals surface area contributed by atoms with Crippen LogP contribution < -0.4 is 10.1 Å². The zero-order valence-electron chi connectivity index (χ0n) is 14.2. The Bertz CT molecular complexity index is 707. The quantitative estimate of drug-likeness (QED) is 0.879. The molecule has 0 radical (unpaired) electrons. The van der Waals surface area contributed by atoms with E-state index < -0.39 is 0 Å². The molecular formula is C17H21N3O4. The number of amides is 2. The SMILES string of the molecule is Cc1cc(NC(=O)CN(C)C(=O)c2ccc(OC(C)C)cc2)no1. The van der Waals surface area contributed by atoms with Crippen molar-refractivity contribution in [2.24, 2.45) is 0 Å². The fourth-order valence-electron chi connectivity index (χ4n) is 2.06. The average Bonchev–Trinajstić information content (AvgIpc) is 2.91. The third-order valence-electron chi connectivity index (χ3n) is 3.10. The first-order valence-corrected chi connectivity index (χ1v) is 7.60. The van der Waals surface area contributed by atoms with Gasteiger partial charge < -0.3 is 19.5 Å². The van der Waals surface area contributed by atoms with Crippen LogP contribution in [0.5, 0.6) is 5.75 Å². The Morgan fingerprint density at radius 3 is 2.50 bits per heavy atom. The molecule has 0 fully saturated rings. The van der Waals surface area contributed by atoms with Crippen molar-refractivity contribution in [3.63, 3.8) is 0 Å². The molecule has 1 aromatic carbocycles. The van der Waals surface area contributed by atoms with Crippen LogP contribution in [0.2, 0.25) is 0 Å². The average molecular weight is 331 g/mol. The highest BCUT2D eigenvalue weighted by atomic mass is 16.5. The normalized spacial score (nSPS) is 10.5. The van der Waals surface area contributed by atoms with Crippen molar-refractivity contribution in [3.8, 4) is 5.75 Å². The van der Waals surface area contributed by atoms with Crippen LogP contribution in [0, 0.1) is 6.92 Å². The molecule has 0 aliphatic carbocycles. The lowest BCUT2D eigenvalue weighted by Crippen LogP contribution is -2.35. The number of rotatable bonds is 6. The van der Waals surface area contributed by atoms with E-state index in [0.29, 0.717) is 22.9 Å². The maximum absolute atomic E-state index is 12.3. The predicted octanol–water partition coefficient (Wildman–Crippen LogP) is 2.48. The number of anilines is 1. The molecule has 1 heterocycles. The number of carbonyl (C=O) groups is 2. The number of hydrogen-bond acceptors (Lipinski definition) is 5. The topological polar surface area (TPSA) is 84.7 Å². The number of hydrogen-bond donors (Lipinski definition) is 1. The van der Waals surface area contributed by atoms with E-state index in [0.717, 1.165) is 0 Å². The minimum Gasteiger partial charge on any atom is -0.491 e. The van der Waals surface area contributed by atoms with E-state index in [1.807, 2.05) is 13.8 Å². The molecule has 24 heavy (non-hydrogen) atoms. The second-order valence-corrected chi connectivity index (χ2v) is 5.72. The van der Waals surface area contributed by atoms with Crippen LogP contribution in [0.1, 0.15) is 30.0 Å². The number of nitrogens with zero attached hydrogens (tertiary/aromatic N) is 2. The summed E-state index contributed by atoms with van der Waals surface area (Å²) in [6.07, 6.45) is 0.0677. The van der Waals surface area contributed by atoms with Crippen molar-refractivity contribution < 1.29 is 18.8 Å². The van der Waals surface area contributed by atoms with Crippen molar-refractivity contribution in [2.75, 3.05) is 18.9 Å². The predicted molar refractivity (Wildman–Crippen MR) is 89.0 cm³/mol. The Hall–Kier alpha value is -2.83. The van der Waals surface area contributed by atoms with Crippen molar-refractivity contribution in [1.29, 1.82) is 0 Å². The number of nitrogens with one attached hydrogen (secondary N) is 1. The van der Waals surface area contributed by atoms with Crippen molar-refractivity contribution in [2.45, 2.75) is 26.9 Å². The Morgan fingerprint density at radius 1 is 1.29 bits per heavy atom. The molecule has 1 aromatic heterocycles. The van der Waals surface area contributed by atoms with Crippen LogP contribution in [-0.4, -0.2) is 41.6 Å². The van der Waals surface area contributed by atoms with Gasteiger partial charge in [-0.3, -0.25) is 9.59 Å². The van der Waals surface area contributed by atoms with E-state index in [-0.39, 0.29) is 24.5 Å². The second kappa shape index (κ2) is 7.63. The molecule has 0 bridgehead atoms. The van der Waals surface area contributed by atoms with Gasteiger partial charge in [0.1, 0.15) is 11.5 Å². The Kier molecular flexibility index (Phi) is 5.57. The molecule has 0 saturated heterocycles. The Balaban J connectivity index is 1.92. The third-order valence-corrected chi connectivity index (χ3v) is 3.10. The molecule has 0 unspecified atom stereocenters. The molecule has 2 rings (SSSR count). The van der Waals surface area contributed by atoms with Gasteiger partial charge in [0, 0.05) is 18.7 Å². The molecule has 0 atom stereocenters. The van der Waals surface area contributed by atoms with Crippen molar-refractivity contribution in [1.82, 2.24) is 10.1 Å². The lowest BCUT2D eigenvalue weighted by Gasteiger charge is -2.17. The molecule has 2 aromatic rings. The van der Waals surface area contributed by atoms with Gasteiger partial charge in [0.05, 0.1) is 12.6 Å². The summed E-state index contributed by atoms with van der Waals surface area (Å²) in [7, 11) is 1.56. The van der Waals surface area contributed by atoms with Crippen LogP contribution in [0.4, 0.5) is 5.82 Å². The zero-order valence-corrected chi connectivity index (χ0v) is 14.2. The highest BCUT2D eigenvalue weighted by Crippen LogP contribution is 2.15. The van der Waals surface area contributed by atoms with E-state index in [9.17, 15) is 9.59 Å². The summed E-state index contributed by atoms with van der Waals surface area (Å²) in [6.45, 7) is 5.50. The minimum atomic E-state index is -0.348. The zero-order chi connectivity index (χ0) is 17.7. The molecular weight excluding hydrogens is 310 g/mol. The van der Waals surface area contributed by atoms with E-state index >= 15 is 0 Å². The monoisotopic (exact) mass is 331 g/mol. The molecule has 0 aliphatic rings. The fourth-order valence-corrected chi connectivity index (χ4v) is 2.06. The van der Waals surface area contributed by atoms with E-state index in [1.54, 1.807) is 44.3 Å². The lowest BCUT2D eigenvalue weighted by molar-refractivity contribution is -0.116. The first kappa shape index (κ1) is 17.5. The summed E-state index contributed by atoms with van der Waals surface area (Å²) in [6, 6.07) is 8.43. The first-order valence-electron chi connectivity index (χ1n) is 7.60. The van der Waals surface area contributed by atoms with Gasteiger partial charge in [-0.05, 0) is 45.0 Å². The number of benzene rings is 1. The van der Waals surface area contributed by atoms with Gasteiger partial charge in [0.15, 0.2) is 5.82 Å². The number of likely N-dealkylation sites (N-methyl/N-ethyl adjacent to an activating group) is 1. The molecule has 7 heteroatoms. The first-order chi connectivity index (χ1) is 11.3. The smallest absolute Gasteiger partial charge is 0.254 e. The second-order valence-electron chi connectivity index (χ2n) is 5.72. The summed E-state index contributed by atoms with van der Waals surface area (Å²) in [5.74, 6) is 1.02. The van der Waals surface area contributed by atoms with Gasteiger partial charge in [0.2, 0.25) is 5.91 Å². The number of ether oxygens (including phenoxy) is 1. The van der Waals surface area contributed by atoms with Gasteiger partial charge in [-0.25, -0.2) is 0 Å². The van der Waals surface area contributed by atoms with Gasteiger partial charge >= 0.3 is 0 Å². The largest absolute Gasteiger partial charge is 0.491 e. The summed E-state index contributed by atoms with van der Waals surface area (Å²) in [5.41, 5.74) is 0.485. The highest BCUT2D eigenvalue weighted by molar-refractivity contribution is 5.98. The van der Waals surface area contributed by atoms with E-state index in [1.165, 1.54) is 4.90 Å².